The number of carbonyl (C=O) groups excluding carboxylic acids is 1. The van der Waals surface area contributed by atoms with E-state index in [4.69, 9.17) is 0 Å². The van der Waals surface area contributed by atoms with E-state index in [1.54, 1.807) is 18.2 Å². The molecule has 4 aliphatic carbocycles. The molecule has 0 atom stereocenters. The predicted octanol–water partition coefficient (Wildman–Crippen LogP) is 4.63. The van der Waals surface area contributed by atoms with Gasteiger partial charge >= 0.3 is 6.61 Å². The van der Waals surface area contributed by atoms with Gasteiger partial charge in [-0.15, -0.1) is 0 Å². The van der Waals surface area contributed by atoms with E-state index in [9.17, 15) is 13.6 Å². The first-order valence-electron chi connectivity index (χ1n) is 9.50. The van der Waals surface area contributed by atoms with Crippen LogP contribution in [0, 0.1) is 23.2 Å². The molecule has 1 aromatic rings. The molecule has 1 amide bonds. The van der Waals surface area contributed by atoms with Crippen molar-refractivity contribution < 1.29 is 18.3 Å². The first-order chi connectivity index (χ1) is 12.5. The summed E-state index contributed by atoms with van der Waals surface area (Å²) < 4.78 is 28.6. The normalized spacial score (nSPS) is 32.3. The SMILES string of the molecule is O=C(/C=C/c1ccc(OC(F)F)cc1)NCC12CC3CC(CC(C3)C1)C2. The summed E-state index contributed by atoms with van der Waals surface area (Å²) in [6.45, 7) is -2.05. The molecule has 0 aromatic heterocycles. The first-order valence-corrected chi connectivity index (χ1v) is 9.50. The number of alkyl halides is 2. The monoisotopic (exact) mass is 361 g/mol. The molecule has 1 aromatic carbocycles. The Balaban J connectivity index is 1.29. The molecular formula is C21H25F2NO2. The third kappa shape index (κ3) is 3.92. The van der Waals surface area contributed by atoms with Crippen molar-refractivity contribution >= 4 is 12.0 Å². The molecule has 3 nitrogen and oxygen atoms in total. The van der Waals surface area contributed by atoms with Crippen molar-refractivity contribution in [1.29, 1.82) is 0 Å². The number of carbonyl (C=O) groups is 1. The molecule has 4 bridgehead atoms. The minimum absolute atomic E-state index is 0.0892. The van der Waals surface area contributed by atoms with E-state index >= 15 is 0 Å². The second-order valence-electron chi connectivity index (χ2n) is 8.42. The summed E-state index contributed by atoms with van der Waals surface area (Å²) in [5, 5.41) is 3.10. The molecule has 1 N–H and O–H groups in total. The van der Waals surface area contributed by atoms with E-state index < -0.39 is 6.61 Å². The zero-order valence-corrected chi connectivity index (χ0v) is 14.8. The molecular weight excluding hydrogens is 336 g/mol. The van der Waals surface area contributed by atoms with Crippen molar-refractivity contribution in [2.45, 2.75) is 45.1 Å². The minimum Gasteiger partial charge on any atom is -0.435 e. The maximum atomic E-state index is 12.2. The highest BCUT2D eigenvalue weighted by Gasteiger charge is 2.50. The summed E-state index contributed by atoms with van der Waals surface area (Å²) >= 11 is 0. The number of hydrogen-bond donors (Lipinski definition) is 1. The predicted molar refractivity (Wildman–Crippen MR) is 95.7 cm³/mol. The highest BCUT2D eigenvalue weighted by atomic mass is 19.3. The summed E-state index contributed by atoms with van der Waals surface area (Å²) in [4.78, 5) is 12.2. The molecule has 0 spiro atoms. The Hall–Kier alpha value is -1.91. The average molecular weight is 361 g/mol. The number of hydrogen-bond acceptors (Lipinski definition) is 2. The van der Waals surface area contributed by atoms with Crippen molar-refractivity contribution in [1.82, 2.24) is 5.32 Å². The Bertz CT molecular complexity index is 648. The van der Waals surface area contributed by atoms with Crippen LogP contribution >= 0.6 is 0 Å². The summed E-state index contributed by atoms with van der Waals surface area (Å²) in [7, 11) is 0. The number of nitrogens with one attached hydrogen (secondary N) is 1. The van der Waals surface area contributed by atoms with Crippen LogP contribution in [0.2, 0.25) is 0 Å². The van der Waals surface area contributed by atoms with Gasteiger partial charge in [0, 0.05) is 12.6 Å². The van der Waals surface area contributed by atoms with Crippen molar-refractivity contribution in [2.24, 2.45) is 23.2 Å². The molecule has 4 aliphatic rings. The van der Waals surface area contributed by atoms with Crippen molar-refractivity contribution in [3.63, 3.8) is 0 Å². The lowest BCUT2D eigenvalue weighted by atomic mass is 9.49. The summed E-state index contributed by atoms with van der Waals surface area (Å²) in [5.41, 5.74) is 1.10. The van der Waals surface area contributed by atoms with Gasteiger partial charge in [0.05, 0.1) is 0 Å². The van der Waals surface area contributed by atoms with Crippen molar-refractivity contribution in [2.75, 3.05) is 6.54 Å². The van der Waals surface area contributed by atoms with Gasteiger partial charge in [-0.1, -0.05) is 12.1 Å². The second kappa shape index (κ2) is 7.01. The average Bonchev–Trinajstić information content (AvgIpc) is 2.58. The van der Waals surface area contributed by atoms with E-state index in [0.29, 0.717) is 5.41 Å². The van der Waals surface area contributed by atoms with E-state index in [0.717, 1.165) is 29.9 Å². The minimum atomic E-state index is -2.83. The standard InChI is InChI=1S/C21H25F2NO2/c22-20(23)26-18-4-1-14(2-5-18)3-6-19(25)24-13-21-10-15-7-16(11-21)9-17(8-15)12-21/h1-6,15-17,20H,7-13H2,(H,24,25)/b6-3+. The molecule has 140 valence electrons. The van der Waals surface area contributed by atoms with Gasteiger partial charge in [-0.2, -0.15) is 8.78 Å². The smallest absolute Gasteiger partial charge is 0.387 e. The van der Waals surface area contributed by atoms with Crippen LogP contribution in [0.4, 0.5) is 8.78 Å². The lowest BCUT2D eigenvalue weighted by Gasteiger charge is -2.56. The molecule has 4 fully saturated rings. The summed E-state index contributed by atoms with van der Waals surface area (Å²) in [5.74, 6) is 2.66. The number of halogens is 2. The molecule has 0 saturated heterocycles. The second-order valence-corrected chi connectivity index (χ2v) is 8.42. The van der Waals surface area contributed by atoms with Gasteiger partial charge in [-0.3, -0.25) is 4.79 Å². The lowest BCUT2D eigenvalue weighted by Crippen LogP contribution is -2.51. The Morgan fingerprint density at radius 3 is 2.23 bits per heavy atom. The third-order valence-corrected chi connectivity index (χ3v) is 6.34. The fourth-order valence-electron chi connectivity index (χ4n) is 5.77. The lowest BCUT2D eigenvalue weighted by molar-refractivity contribution is -0.118. The quantitative estimate of drug-likeness (QED) is 0.750. The van der Waals surface area contributed by atoms with E-state index in [1.807, 2.05) is 0 Å². The fraction of sp³-hybridized carbons (Fsp3) is 0.571. The van der Waals surface area contributed by atoms with E-state index in [1.165, 1.54) is 56.7 Å². The molecule has 0 unspecified atom stereocenters. The van der Waals surface area contributed by atoms with Crippen LogP contribution < -0.4 is 10.1 Å². The van der Waals surface area contributed by atoms with Crippen LogP contribution in [-0.4, -0.2) is 19.1 Å². The number of benzene rings is 1. The Morgan fingerprint density at radius 1 is 1.12 bits per heavy atom. The van der Waals surface area contributed by atoms with Gasteiger partial charge in [0.15, 0.2) is 0 Å². The Morgan fingerprint density at radius 2 is 1.69 bits per heavy atom. The van der Waals surface area contributed by atoms with E-state index in [-0.39, 0.29) is 11.7 Å². The molecule has 4 saturated carbocycles. The van der Waals surface area contributed by atoms with Gasteiger partial charge in [0.1, 0.15) is 5.75 Å². The maximum Gasteiger partial charge on any atom is 0.387 e. The molecule has 5 rings (SSSR count). The number of ether oxygens (including phenoxy) is 1. The van der Waals surface area contributed by atoms with Gasteiger partial charge in [0.25, 0.3) is 0 Å². The highest BCUT2D eigenvalue weighted by Crippen LogP contribution is 2.59. The van der Waals surface area contributed by atoms with Gasteiger partial charge in [-0.05, 0) is 85.5 Å². The summed E-state index contributed by atoms with van der Waals surface area (Å²) in [6.07, 6.45) is 11.2. The van der Waals surface area contributed by atoms with Gasteiger partial charge in [0.2, 0.25) is 5.91 Å². The number of rotatable bonds is 6. The first kappa shape index (κ1) is 17.5. The van der Waals surface area contributed by atoms with Crippen LogP contribution in [0.5, 0.6) is 5.75 Å². The Labute approximate surface area is 152 Å². The molecule has 26 heavy (non-hydrogen) atoms. The zero-order valence-electron chi connectivity index (χ0n) is 14.8. The van der Waals surface area contributed by atoms with E-state index in [2.05, 4.69) is 10.1 Å². The zero-order chi connectivity index (χ0) is 18.1. The highest BCUT2D eigenvalue weighted by molar-refractivity contribution is 5.91. The largest absolute Gasteiger partial charge is 0.435 e. The van der Waals surface area contributed by atoms with Crippen LogP contribution in [0.25, 0.3) is 6.08 Å². The third-order valence-electron chi connectivity index (χ3n) is 6.34. The fourth-order valence-corrected chi connectivity index (χ4v) is 5.77. The van der Waals surface area contributed by atoms with Crippen molar-refractivity contribution in [3.05, 3.63) is 35.9 Å². The number of amides is 1. The molecule has 5 heteroatoms. The topological polar surface area (TPSA) is 38.3 Å². The van der Waals surface area contributed by atoms with Crippen LogP contribution in [-0.2, 0) is 4.79 Å². The van der Waals surface area contributed by atoms with Crippen LogP contribution in [0.15, 0.2) is 30.3 Å². The molecule has 0 aliphatic heterocycles. The van der Waals surface area contributed by atoms with Crippen LogP contribution in [0.1, 0.15) is 44.1 Å². The van der Waals surface area contributed by atoms with Crippen molar-refractivity contribution in [3.8, 4) is 5.75 Å². The van der Waals surface area contributed by atoms with Crippen LogP contribution in [0.3, 0.4) is 0 Å². The Kier molecular flexibility index (Phi) is 4.72. The maximum absolute atomic E-state index is 12.2. The molecule has 0 heterocycles. The molecule has 0 radical (unpaired) electrons. The summed E-state index contributed by atoms with van der Waals surface area (Å²) in [6, 6.07) is 6.25. The van der Waals surface area contributed by atoms with Gasteiger partial charge < -0.3 is 10.1 Å². The van der Waals surface area contributed by atoms with Gasteiger partial charge in [-0.25, -0.2) is 0 Å².